The Kier molecular flexibility index (Phi) is 4.97. The van der Waals surface area contributed by atoms with Gasteiger partial charge in [-0.3, -0.25) is 9.59 Å². The molecular weight excluding hydrogens is 324 g/mol. The zero-order valence-electron chi connectivity index (χ0n) is 13.7. The smallest absolute Gasteiger partial charge is 0.265 e. The number of anilines is 1. The molecule has 1 N–H and O–H groups in total. The zero-order chi connectivity index (χ0) is 17.1. The van der Waals surface area contributed by atoms with Crippen LogP contribution in [0.4, 0.5) is 5.69 Å². The first-order chi connectivity index (χ1) is 11.5. The standard InChI is InChI=1S/C18H20N2O3S/c1-12-11-23-13(2)10-20(12)18(22)14-5-7-15(8-6-14)19-17(21)16-4-3-9-24-16/h3-9,12-13H,10-11H2,1-2H3,(H,19,21). The highest BCUT2D eigenvalue weighted by atomic mass is 32.1. The highest BCUT2D eigenvalue weighted by molar-refractivity contribution is 7.12. The van der Waals surface area contributed by atoms with Crippen molar-refractivity contribution in [2.45, 2.75) is 26.0 Å². The zero-order valence-corrected chi connectivity index (χ0v) is 14.5. The number of morpholine rings is 1. The van der Waals surface area contributed by atoms with Crippen LogP contribution < -0.4 is 5.32 Å². The summed E-state index contributed by atoms with van der Waals surface area (Å²) < 4.78 is 5.56. The number of carbonyl (C=O) groups excluding carboxylic acids is 2. The van der Waals surface area contributed by atoms with Crippen LogP contribution in [-0.4, -0.2) is 42.0 Å². The van der Waals surface area contributed by atoms with Crippen LogP contribution in [0, 0.1) is 0 Å². The summed E-state index contributed by atoms with van der Waals surface area (Å²) in [5, 5.41) is 4.69. The quantitative estimate of drug-likeness (QED) is 0.930. The number of nitrogens with zero attached hydrogens (tertiary/aromatic N) is 1. The van der Waals surface area contributed by atoms with Crippen LogP contribution in [0.3, 0.4) is 0 Å². The van der Waals surface area contributed by atoms with Gasteiger partial charge < -0.3 is 15.0 Å². The second-order valence-corrected chi connectivity index (χ2v) is 6.91. The molecule has 24 heavy (non-hydrogen) atoms. The monoisotopic (exact) mass is 344 g/mol. The minimum Gasteiger partial charge on any atom is -0.375 e. The fraction of sp³-hybridized carbons (Fsp3) is 0.333. The summed E-state index contributed by atoms with van der Waals surface area (Å²) in [6.07, 6.45) is 0.0505. The Hall–Kier alpha value is -2.18. The lowest BCUT2D eigenvalue weighted by Crippen LogP contribution is -2.50. The summed E-state index contributed by atoms with van der Waals surface area (Å²) in [6.45, 7) is 5.10. The van der Waals surface area contributed by atoms with E-state index in [0.29, 0.717) is 29.3 Å². The summed E-state index contributed by atoms with van der Waals surface area (Å²) in [4.78, 5) is 27.2. The average molecular weight is 344 g/mol. The molecule has 0 bridgehead atoms. The number of nitrogens with one attached hydrogen (secondary N) is 1. The third-order valence-corrected chi connectivity index (χ3v) is 4.87. The van der Waals surface area contributed by atoms with E-state index in [-0.39, 0.29) is 24.0 Å². The molecule has 1 aromatic heterocycles. The van der Waals surface area contributed by atoms with Crippen LogP contribution in [0.5, 0.6) is 0 Å². The van der Waals surface area contributed by atoms with Crippen molar-refractivity contribution in [3.8, 4) is 0 Å². The van der Waals surface area contributed by atoms with E-state index >= 15 is 0 Å². The first-order valence-corrected chi connectivity index (χ1v) is 8.80. The molecule has 1 aromatic carbocycles. The van der Waals surface area contributed by atoms with E-state index in [1.807, 2.05) is 30.2 Å². The van der Waals surface area contributed by atoms with Crippen molar-refractivity contribution in [3.05, 3.63) is 52.2 Å². The third kappa shape index (κ3) is 3.66. The van der Waals surface area contributed by atoms with Gasteiger partial charge in [-0.15, -0.1) is 11.3 Å². The Bertz CT molecular complexity index is 712. The molecule has 126 valence electrons. The molecule has 2 atom stereocenters. The van der Waals surface area contributed by atoms with Gasteiger partial charge in [-0.2, -0.15) is 0 Å². The normalized spacial score (nSPS) is 20.7. The Balaban J connectivity index is 1.67. The highest BCUT2D eigenvalue weighted by Crippen LogP contribution is 2.18. The maximum absolute atomic E-state index is 12.7. The lowest BCUT2D eigenvalue weighted by molar-refractivity contribution is -0.0387. The lowest BCUT2D eigenvalue weighted by Gasteiger charge is -2.36. The molecule has 1 saturated heterocycles. The van der Waals surface area contributed by atoms with E-state index in [1.165, 1.54) is 11.3 Å². The number of amides is 2. The van der Waals surface area contributed by atoms with Gasteiger partial charge in [0.05, 0.1) is 23.6 Å². The van der Waals surface area contributed by atoms with E-state index in [2.05, 4.69) is 5.32 Å². The first kappa shape index (κ1) is 16.7. The van der Waals surface area contributed by atoms with Crippen LogP contribution in [-0.2, 0) is 4.74 Å². The second-order valence-electron chi connectivity index (χ2n) is 5.96. The summed E-state index contributed by atoms with van der Waals surface area (Å²) in [5.74, 6) is -0.145. The van der Waals surface area contributed by atoms with Crippen LogP contribution >= 0.6 is 11.3 Å². The van der Waals surface area contributed by atoms with Gasteiger partial charge in [0, 0.05) is 17.8 Å². The lowest BCUT2D eigenvalue weighted by atomic mass is 10.1. The molecule has 0 radical (unpaired) electrons. The topological polar surface area (TPSA) is 58.6 Å². The van der Waals surface area contributed by atoms with E-state index in [1.54, 1.807) is 30.3 Å². The van der Waals surface area contributed by atoms with Crippen molar-refractivity contribution in [1.29, 1.82) is 0 Å². The summed E-state index contributed by atoms with van der Waals surface area (Å²) in [5.41, 5.74) is 1.29. The number of ether oxygens (including phenoxy) is 1. The second kappa shape index (κ2) is 7.15. The van der Waals surface area contributed by atoms with Crippen molar-refractivity contribution in [1.82, 2.24) is 4.90 Å². The molecule has 2 aromatic rings. The van der Waals surface area contributed by atoms with Crippen LogP contribution in [0.25, 0.3) is 0 Å². The van der Waals surface area contributed by atoms with Gasteiger partial charge in [0.15, 0.2) is 0 Å². The predicted octanol–water partition coefficient (Wildman–Crippen LogP) is 3.25. The Morgan fingerprint density at radius 2 is 1.96 bits per heavy atom. The molecule has 2 amide bonds. The summed E-state index contributed by atoms with van der Waals surface area (Å²) in [7, 11) is 0. The first-order valence-electron chi connectivity index (χ1n) is 7.92. The molecule has 1 fully saturated rings. The van der Waals surface area contributed by atoms with Gasteiger partial charge in [-0.25, -0.2) is 0 Å². The number of rotatable bonds is 3. The molecule has 1 aliphatic rings. The number of benzene rings is 1. The SMILES string of the molecule is CC1CN(C(=O)c2ccc(NC(=O)c3cccs3)cc2)C(C)CO1. The van der Waals surface area contributed by atoms with E-state index < -0.39 is 0 Å². The average Bonchev–Trinajstić information content (AvgIpc) is 3.12. The molecule has 3 rings (SSSR count). The molecule has 2 unspecified atom stereocenters. The van der Waals surface area contributed by atoms with Crippen molar-refractivity contribution in [2.24, 2.45) is 0 Å². The molecule has 2 heterocycles. The summed E-state index contributed by atoms with van der Waals surface area (Å²) in [6, 6.07) is 10.7. The van der Waals surface area contributed by atoms with E-state index in [9.17, 15) is 9.59 Å². The summed E-state index contributed by atoms with van der Waals surface area (Å²) >= 11 is 1.39. The van der Waals surface area contributed by atoms with Crippen molar-refractivity contribution in [3.63, 3.8) is 0 Å². The van der Waals surface area contributed by atoms with Gasteiger partial charge in [-0.1, -0.05) is 6.07 Å². The number of thiophene rings is 1. The Morgan fingerprint density at radius 1 is 1.21 bits per heavy atom. The van der Waals surface area contributed by atoms with Gasteiger partial charge in [0.25, 0.3) is 11.8 Å². The number of hydrogen-bond acceptors (Lipinski definition) is 4. The van der Waals surface area contributed by atoms with Gasteiger partial charge >= 0.3 is 0 Å². The number of hydrogen-bond donors (Lipinski definition) is 1. The number of carbonyl (C=O) groups is 2. The largest absolute Gasteiger partial charge is 0.375 e. The molecule has 1 aliphatic heterocycles. The Morgan fingerprint density at radius 3 is 2.62 bits per heavy atom. The van der Waals surface area contributed by atoms with Crippen LogP contribution in [0.15, 0.2) is 41.8 Å². The maximum Gasteiger partial charge on any atom is 0.265 e. The molecular formula is C18H20N2O3S. The van der Waals surface area contributed by atoms with Gasteiger partial charge in [0.2, 0.25) is 0 Å². The highest BCUT2D eigenvalue weighted by Gasteiger charge is 2.28. The third-order valence-electron chi connectivity index (χ3n) is 4.00. The molecule has 0 spiro atoms. The fourth-order valence-corrected chi connectivity index (χ4v) is 3.27. The van der Waals surface area contributed by atoms with Crippen molar-refractivity contribution >= 4 is 28.8 Å². The van der Waals surface area contributed by atoms with E-state index in [0.717, 1.165) is 0 Å². The molecule has 5 nitrogen and oxygen atoms in total. The van der Waals surface area contributed by atoms with Gasteiger partial charge in [-0.05, 0) is 49.6 Å². The van der Waals surface area contributed by atoms with Gasteiger partial charge in [0.1, 0.15) is 0 Å². The fourth-order valence-electron chi connectivity index (χ4n) is 2.65. The van der Waals surface area contributed by atoms with Crippen LogP contribution in [0.2, 0.25) is 0 Å². The molecule has 0 aliphatic carbocycles. The predicted molar refractivity (Wildman–Crippen MR) is 94.6 cm³/mol. The molecule has 6 heteroatoms. The Labute approximate surface area is 145 Å². The maximum atomic E-state index is 12.7. The van der Waals surface area contributed by atoms with Crippen LogP contribution in [0.1, 0.15) is 33.9 Å². The minimum absolute atomic E-state index is 0.00576. The van der Waals surface area contributed by atoms with Crippen molar-refractivity contribution < 1.29 is 14.3 Å². The molecule has 0 saturated carbocycles. The van der Waals surface area contributed by atoms with E-state index in [4.69, 9.17) is 4.74 Å². The van der Waals surface area contributed by atoms with Crippen molar-refractivity contribution in [2.75, 3.05) is 18.5 Å². The minimum atomic E-state index is -0.139.